The summed E-state index contributed by atoms with van der Waals surface area (Å²) in [5, 5.41) is 4.45. The van der Waals surface area contributed by atoms with Crippen LogP contribution in [0.25, 0.3) is 94.7 Å². The Hall–Kier alpha value is -6.85. The molecule has 0 unspecified atom stereocenters. The highest BCUT2D eigenvalue weighted by Gasteiger charge is 2.20. The number of hydrogen-bond acceptors (Lipinski definition) is 4. The van der Waals surface area contributed by atoms with Crippen molar-refractivity contribution in [2.75, 3.05) is 0 Å². The molecule has 0 amide bonds. The zero-order valence-electron chi connectivity index (χ0n) is 27.8. The largest absolute Gasteiger partial charge is 0.456 e. The van der Waals surface area contributed by atoms with Gasteiger partial charge in [0.25, 0.3) is 0 Å². The van der Waals surface area contributed by atoms with Crippen LogP contribution in [0.5, 0.6) is 0 Å². The predicted molar refractivity (Wildman–Crippen MR) is 208 cm³/mol. The predicted octanol–water partition coefficient (Wildman–Crippen LogP) is 11.8. The maximum Gasteiger partial charge on any atom is 0.164 e. The van der Waals surface area contributed by atoms with E-state index in [1.165, 1.54) is 21.8 Å². The SMILES string of the molecule is Cc1cc(-c2nc(-c3ccccc3)nc(-c3ccccc3)n2)c2c(c1)oc1ccc(-c3ccc4c(c3)c3ccccc3n4-c3ccccc3)cc12. The maximum absolute atomic E-state index is 6.52. The van der Waals surface area contributed by atoms with Crippen LogP contribution in [0.1, 0.15) is 5.56 Å². The van der Waals surface area contributed by atoms with E-state index < -0.39 is 0 Å². The van der Waals surface area contributed by atoms with Crippen LogP contribution in [0, 0.1) is 6.92 Å². The number of fused-ring (bicyclic) bond motifs is 6. The van der Waals surface area contributed by atoms with Gasteiger partial charge in [0.2, 0.25) is 0 Å². The van der Waals surface area contributed by atoms with E-state index in [0.29, 0.717) is 17.5 Å². The van der Waals surface area contributed by atoms with Crippen LogP contribution >= 0.6 is 0 Å². The Morgan fingerprint density at radius 3 is 1.71 bits per heavy atom. The van der Waals surface area contributed by atoms with Crippen LogP contribution in [-0.2, 0) is 0 Å². The molecule has 51 heavy (non-hydrogen) atoms. The van der Waals surface area contributed by atoms with Gasteiger partial charge in [0.15, 0.2) is 17.5 Å². The Balaban J connectivity index is 1.18. The molecule has 0 atom stereocenters. The van der Waals surface area contributed by atoms with Crippen molar-refractivity contribution in [3.63, 3.8) is 0 Å². The van der Waals surface area contributed by atoms with Gasteiger partial charge in [-0.2, -0.15) is 0 Å². The smallest absolute Gasteiger partial charge is 0.164 e. The monoisotopic (exact) mass is 654 g/mol. The summed E-state index contributed by atoms with van der Waals surface area (Å²) >= 11 is 0. The second-order valence-corrected chi connectivity index (χ2v) is 13.0. The van der Waals surface area contributed by atoms with Crippen molar-refractivity contribution in [3.8, 4) is 51.0 Å². The quantitative estimate of drug-likeness (QED) is 0.185. The molecule has 0 N–H and O–H groups in total. The molecule has 240 valence electrons. The van der Waals surface area contributed by atoms with Gasteiger partial charge < -0.3 is 8.98 Å². The van der Waals surface area contributed by atoms with E-state index in [9.17, 15) is 0 Å². The van der Waals surface area contributed by atoms with Crippen LogP contribution in [0.3, 0.4) is 0 Å². The zero-order valence-corrected chi connectivity index (χ0v) is 27.8. The summed E-state index contributed by atoms with van der Waals surface area (Å²) in [4.78, 5) is 15.1. The fourth-order valence-corrected chi connectivity index (χ4v) is 7.34. The first kappa shape index (κ1) is 29.1. The Bertz CT molecular complexity index is 2850. The number of aromatic nitrogens is 4. The molecule has 10 aromatic rings. The summed E-state index contributed by atoms with van der Waals surface area (Å²) in [7, 11) is 0. The van der Waals surface area contributed by atoms with Crippen molar-refractivity contribution in [2.45, 2.75) is 6.92 Å². The average Bonchev–Trinajstić information content (AvgIpc) is 3.73. The van der Waals surface area contributed by atoms with E-state index in [2.05, 4.69) is 115 Å². The van der Waals surface area contributed by atoms with E-state index in [-0.39, 0.29) is 0 Å². The highest BCUT2D eigenvalue weighted by molar-refractivity contribution is 6.14. The summed E-state index contributed by atoms with van der Waals surface area (Å²) in [6, 6.07) is 56.9. The highest BCUT2D eigenvalue weighted by atomic mass is 16.3. The molecule has 7 aromatic carbocycles. The molecule has 5 heteroatoms. The van der Waals surface area contributed by atoms with E-state index in [4.69, 9.17) is 19.4 Å². The highest BCUT2D eigenvalue weighted by Crippen LogP contribution is 2.40. The Morgan fingerprint density at radius 1 is 0.431 bits per heavy atom. The van der Waals surface area contributed by atoms with Crippen LogP contribution in [-0.4, -0.2) is 19.5 Å². The Labute approximate surface area is 294 Å². The molecule has 3 heterocycles. The van der Waals surface area contributed by atoms with E-state index >= 15 is 0 Å². The Morgan fingerprint density at radius 2 is 1.00 bits per heavy atom. The zero-order chi connectivity index (χ0) is 33.9. The lowest BCUT2D eigenvalue weighted by atomic mass is 9.98. The van der Waals surface area contributed by atoms with Gasteiger partial charge in [-0.25, -0.2) is 15.0 Å². The van der Waals surface area contributed by atoms with Crippen molar-refractivity contribution >= 4 is 43.7 Å². The van der Waals surface area contributed by atoms with E-state index in [1.54, 1.807) is 0 Å². The van der Waals surface area contributed by atoms with Crippen LogP contribution in [0.15, 0.2) is 168 Å². The molecular formula is C46H30N4O. The minimum atomic E-state index is 0.611. The van der Waals surface area contributed by atoms with Crippen LogP contribution in [0.2, 0.25) is 0 Å². The molecule has 0 aliphatic heterocycles. The molecule has 0 aliphatic rings. The second-order valence-electron chi connectivity index (χ2n) is 13.0. The third kappa shape index (κ3) is 4.90. The molecule has 0 saturated heterocycles. The number of rotatable bonds is 5. The van der Waals surface area contributed by atoms with Gasteiger partial charge in [0.1, 0.15) is 11.2 Å². The first-order valence-electron chi connectivity index (χ1n) is 17.1. The topological polar surface area (TPSA) is 56.7 Å². The van der Waals surface area contributed by atoms with Crippen molar-refractivity contribution in [3.05, 3.63) is 169 Å². The molecule has 0 fully saturated rings. The van der Waals surface area contributed by atoms with Crippen LogP contribution < -0.4 is 0 Å². The first-order chi connectivity index (χ1) is 25.2. The van der Waals surface area contributed by atoms with Crippen molar-refractivity contribution < 1.29 is 4.42 Å². The number of para-hydroxylation sites is 2. The van der Waals surface area contributed by atoms with E-state index in [0.717, 1.165) is 61.0 Å². The number of hydrogen-bond donors (Lipinski definition) is 0. The molecular weight excluding hydrogens is 625 g/mol. The number of nitrogens with zero attached hydrogens (tertiary/aromatic N) is 4. The molecule has 5 nitrogen and oxygen atoms in total. The lowest BCUT2D eigenvalue weighted by Crippen LogP contribution is -2.00. The fraction of sp³-hybridized carbons (Fsp3) is 0.0217. The summed E-state index contributed by atoms with van der Waals surface area (Å²) in [5.41, 5.74) is 11.3. The summed E-state index contributed by atoms with van der Waals surface area (Å²) in [5.74, 6) is 1.87. The minimum absolute atomic E-state index is 0.611. The minimum Gasteiger partial charge on any atom is -0.456 e. The molecule has 3 aromatic heterocycles. The first-order valence-corrected chi connectivity index (χ1v) is 17.1. The van der Waals surface area contributed by atoms with Crippen molar-refractivity contribution in [1.82, 2.24) is 19.5 Å². The summed E-state index contributed by atoms with van der Waals surface area (Å²) < 4.78 is 8.87. The van der Waals surface area contributed by atoms with Gasteiger partial charge in [-0.05, 0) is 78.2 Å². The molecule has 0 bridgehead atoms. The average molecular weight is 655 g/mol. The molecule has 0 aliphatic carbocycles. The summed E-state index contributed by atoms with van der Waals surface area (Å²) in [6.45, 7) is 2.08. The fourth-order valence-electron chi connectivity index (χ4n) is 7.34. The standard InChI is InChI=1S/C46H30N4O/c1-29-25-38(46-48-44(30-13-5-2-6-14-30)47-45(49-46)31-15-7-3-8-16-31)43-37-28-33(22-24-41(37)51-42(43)26-29)32-21-23-40-36(27-32)35-19-11-12-20-39(35)50(40)34-17-9-4-10-18-34/h2-28H,1H3. The molecule has 0 saturated carbocycles. The van der Waals surface area contributed by atoms with Gasteiger partial charge in [-0.15, -0.1) is 0 Å². The maximum atomic E-state index is 6.52. The number of furan rings is 1. The number of aryl methyl sites for hydroxylation is 1. The van der Waals surface area contributed by atoms with Gasteiger partial charge in [-0.3, -0.25) is 0 Å². The van der Waals surface area contributed by atoms with Gasteiger partial charge in [-0.1, -0.05) is 109 Å². The third-order valence-electron chi connectivity index (χ3n) is 9.68. The summed E-state index contributed by atoms with van der Waals surface area (Å²) in [6.07, 6.45) is 0. The van der Waals surface area contributed by atoms with Crippen molar-refractivity contribution in [1.29, 1.82) is 0 Å². The second kappa shape index (κ2) is 11.6. The van der Waals surface area contributed by atoms with E-state index in [1.807, 2.05) is 60.7 Å². The Kier molecular flexibility index (Phi) is 6.64. The van der Waals surface area contributed by atoms with Gasteiger partial charge >= 0.3 is 0 Å². The van der Waals surface area contributed by atoms with Gasteiger partial charge in [0, 0.05) is 43.9 Å². The normalized spacial score (nSPS) is 11.6. The lowest BCUT2D eigenvalue weighted by Gasteiger charge is -2.10. The molecule has 0 spiro atoms. The molecule has 0 radical (unpaired) electrons. The van der Waals surface area contributed by atoms with Crippen LogP contribution in [0.4, 0.5) is 0 Å². The third-order valence-corrected chi connectivity index (χ3v) is 9.68. The van der Waals surface area contributed by atoms with Gasteiger partial charge in [0.05, 0.1) is 11.0 Å². The lowest BCUT2D eigenvalue weighted by molar-refractivity contribution is 0.668. The molecule has 10 rings (SSSR count). The number of benzene rings is 7. The van der Waals surface area contributed by atoms with Crippen molar-refractivity contribution in [2.24, 2.45) is 0 Å².